The Balaban J connectivity index is 1.83. The van der Waals surface area contributed by atoms with E-state index in [0.717, 1.165) is 136 Å². The number of benzene rings is 1. The Labute approximate surface area is 255 Å². The van der Waals surface area contributed by atoms with Crippen LogP contribution in [0.3, 0.4) is 0 Å². The molecule has 0 amide bonds. The van der Waals surface area contributed by atoms with E-state index in [4.69, 9.17) is 9.47 Å². The van der Waals surface area contributed by atoms with E-state index in [2.05, 4.69) is 55.3 Å². The SMILES string of the molecule is CCNCCNCCN1CCNCCNCCN(C)CCNCCN(CCCC(=O)OCc2ccc(OC)cc2)CC1. The van der Waals surface area contributed by atoms with Crippen molar-refractivity contribution in [3.8, 4) is 5.75 Å². The average molecular weight is 593 g/mol. The molecule has 0 spiro atoms. The van der Waals surface area contributed by atoms with Crippen molar-refractivity contribution in [1.82, 2.24) is 41.3 Å². The molecule has 1 aromatic carbocycles. The summed E-state index contributed by atoms with van der Waals surface area (Å²) < 4.78 is 10.7. The van der Waals surface area contributed by atoms with Crippen molar-refractivity contribution in [2.45, 2.75) is 26.4 Å². The van der Waals surface area contributed by atoms with Gasteiger partial charge in [-0.2, -0.15) is 0 Å². The number of esters is 1. The zero-order valence-corrected chi connectivity index (χ0v) is 26.7. The van der Waals surface area contributed by atoms with Gasteiger partial charge in [0.2, 0.25) is 0 Å². The minimum atomic E-state index is -0.140. The third kappa shape index (κ3) is 18.7. The molecule has 1 heterocycles. The lowest BCUT2D eigenvalue weighted by Crippen LogP contribution is -2.44. The molecule has 0 atom stereocenters. The predicted molar refractivity (Wildman–Crippen MR) is 172 cm³/mol. The zero-order chi connectivity index (χ0) is 30.1. The minimum Gasteiger partial charge on any atom is -0.497 e. The highest BCUT2D eigenvalue weighted by Gasteiger charge is 2.12. The van der Waals surface area contributed by atoms with Crippen LogP contribution in [0.2, 0.25) is 0 Å². The fourth-order valence-corrected chi connectivity index (χ4v) is 4.75. The van der Waals surface area contributed by atoms with Crippen LogP contribution in [0.4, 0.5) is 0 Å². The maximum atomic E-state index is 12.5. The lowest BCUT2D eigenvalue weighted by Gasteiger charge is -2.28. The van der Waals surface area contributed by atoms with Gasteiger partial charge >= 0.3 is 5.97 Å². The van der Waals surface area contributed by atoms with Crippen molar-refractivity contribution < 1.29 is 14.3 Å². The molecule has 0 saturated carbocycles. The molecule has 0 radical (unpaired) electrons. The summed E-state index contributed by atoms with van der Waals surface area (Å²) in [5, 5.41) is 17.7. The molecule has 0 bridgehead atoms. The number of ether oxygens (including phenoxy) is 2. The molecular formula is C31H60N8O3. The number of hydrogen-bond donors (Lipinski definition) is 5. The van der Waals surface area contributed by atoms with Crippen LogP contribution in [0.5, 0.6) is 5.75 Å². The molecule has 42 heavy (non-hydrogen) atoms. The smallest absolute Gasteiger partial charge is 0.306 e. The molecule has 242 valence electrons. The molecule has 0 aliphatic carbocycles. The molecule has 1 aromatic rings. The van der Waals surface area contributed by atoms with Gasteiger partial charge in [0.15, 0.2) is 0 Å². The number of carbonyl (C=O) groups excluding carboxylic acids is 1. The molecule has 2 rings (SSSR count). The second-order valence-electron chi connectivity index (χ2n) is 11.0. The van der Waals surface area contributed by atoms with Crippen molar-refractivity contribution in [3.63, 3.8) is 0 Å². The van der Waals surface area contributed by atoms with E-state index in [1.54, 1.807) is 7.11 Å². The third-order valence-corrected chi connectivity index (χ3v) is 7.51. The Morgan fingerprint density at radius 2 is 1.38 bits per heavy atom. The molecule has 1 aliphatic heterocycles. The molecule has 5 N–H and O–H groups in total. The first-order chi connectivity index (χ1) is 20.6. The molecular weight excluding hydrogens is 532 g/mol. The monoisotopic (exact) mass is 592 g/mol. The molecule has 11 nitrogen and oxygen atoms in total. The van der Waals surface area contributed by atoms with Crippen molar-refractivity contribution in [2.24, 2.45) is 0 Å². The Hall–Kier alpha value is -1.83. The number of nitrogens with zero attached hydrogens (tertiary/aromatic N) is 3. The van der Waals surface area contributed by atoms with E-state index in [-0.39, 0.29) is 5.97 Å². The van der Waals surface area contributed by atoms with Gasteiger partial charge in [0.25, 0.3) is 0 Å². The Morgan fingerprint density at radius 3 is 2.02 bits per heavy atom. The summed E-state index contributed by atoms with van der Waals surface area (Å²) in [7, 11) is 3.83. The van der Waals surface area contributed by atoms with Crippen LogP contribution >= 0.6 is 0 Å². The van der Waals surface area contributed by atoms with Gasteiger partial charge in [-0.15, -0.1) is 0 Å². The van der Waals surface area contributed by atoms with Gasteiger partial charge < -0.3 is 45.9 Å². The van der Waals surface area contributed by atoms with Gasteiger partial charge in [-0.3, -0.25) is 9.69 Å². The Morgan fingerprint density at radius 1 is 0.786 bits per heavy atom. The normalized spacial score (nSPS) is 18.3. The van der Waals surface area contributed by atoms with Crippen LogP contribution < -0.4 is 31.3 Å². The van der Waals surface area contributed by atoms with Gasteiger partial charge in [-0.25, -0.2) is 0 Å². The van der Waals surface area contributed by atoms with Crippen molar-refractivity contribution >= 4 is 5.97 Å². The van der Waals surface area contributed by atoms with Crippen LogP contribution in [0, 0.1) is 0 Å². The fraction of sp³-hybridized carbons (Fsp3) is 0.774. The minimum absolute atomic E-state index is 0.140. The lowest BCUT2D eigenvalue weighted by atomic mass is 10.2. The highest BCUT2D eigenvalue weighted by molar-refractivity contribution is 5.69. The van der Waals surface area contributed by atoms with Gasteiger partial charge in [0, 0.05) is 111 Å². The number of likely N-dealkylation sites (N-methyl/N-ethyl adjacent to an activating group) is 2. The van der Waals surface area contributed by atoms with Crippen LogP contribution in [-0.4, -0.2) is 153 Å². The second kappa shape index (κ2) is 24.6. The molecule has 1 fully saturated rings. The topological polar surface area (TPSA) is 105 Å². The standard InChI is InChI=1S/C31H60N8O3/c1-4-32-11-12-34-17-24-39-25-18-35-14-13-33-15-21-37(2)22-16-36-19-23-38(26-27-39)20-5-6-31(40)42-28-29-7-9-30(41-3)10-8-29/h7-10,32-36H,4-6,11-28H2,1-3H3. The van der Waals surface area contributed by atoms with Crippen molar-refractivity contribution in [3.05, 3.63) is 29.8 Å². The van der Waals surface area contributed by atoms with Crippen molar-refractivity contribution in [2.75, 3.05) is 132 Å². The molecule has 0 unspecified atom stereocenters. The first-order valence-corrected chi connectivity index (χ1v) is 16.1. The van der Waals surface area contributed by atoms with E-state index in [0.29, 0.717) is 13.0 Å². The first kappa shape index (κ1) is 36.4. The van der Waals surface area contributed by atoms with Gasteiger partial charge in [-0.05, 0) is 44.3 Å². The van der Waals surface area contributed by atoms with Gasteiger partial charge in [0.1, 0.15) is 12.4 Å². The number of rotatable bonds is 14. The fourth-order valence-electron chi connectivity index (χ4n) is 4.75. The summed E-state index contributed by atoms with van der Waals surface area (Å²) in [5.41, 5.74) is 0.968. The maximum absolute atomic E-state index is 12.5. The maximum Gasteiger partial charge on any atom is 0.306 e. The van der Waals surface area contributed by atoms with Crippen LogP contribution in [0.1, 0.15) is 25.3 Å². The number of methoxy groups -OCH3 is 1. The number of hydrogen-bond acceptors (Lipinski definition) is 11. The summed E-state index contributed by atoms with van der Waals surface area (Å²) in [6, 6.07) is 7.64. The first-order valence-electron chi connectivity index (χ1n) is 16.1. The van der Waals surface area contributed by atoms with E-state index in [1.807, 2.05) is 24.3 Å². The summed E-state index contributed by atoms with van der Waals surface area (Å²) in [6.45, 7) is 20.3. The summed E-state index contributed by atoms with van der Waals surface area (Å²) in [6.07, 6.45) is 1.23. The third-order valence-electron chi connectivity index (χ3n) is 7.51. The number of nitrogens with one attached hydrogen (secondary N) is 5. The summed E-state index contributed by atoms with van der Waals surface area (Å²) >= 11 is 0. The van der Waals surface area contributed by atoms with E-state index in [9.17, 15) is 4.79 Å². The summed E-state index contributed by atoms with van der Waals surface area (Å²) in [5.74, 6) is 0.660. The van der Waals surface area contributed by atoms with Crippen molar-refractivity contribution in [1.29, 1.82) is 0 Å². The van der Waals surface area contributed by atoms with E-state index < -0.39 is 0 Å². The zero-order valence-electron chi connectivity index (χ0n) is 26.7. The molecule has 0 aromatic heterocycles. The Kier molecular flexibility index (Phi) is 21.3. The second-order valence-corrected chi connectivity index (χ2v) is 11.0. The number of carbonyl (C=O) groups is 1. The molecule has 11 heteroatoms. The van der Waals surface area contributed by atoms with E-state index in [1.165, 1.54) is 0 Å². The highest BCUT2D eigenvalue weighted by Crippen LogP contribution is 2.12. The molecule has 1 saturated heterocycles. The van der Waals surface area contributed by atoms with Crippen LogP contribution in [0.25, 0.3) is 0 Å². The Bertz CT molecular complexity index is 786. The van der Waals surface area contributed by atoms with Crippen LogP contribution in [-0.2, 0) is 16.1 Å². The largest absolute Gasteiger partial charge is 0.497 e. The quantitative estimate of drug-likeness (QED) is 0.149. The van der Waals surface area contributed by atoms with Gasteiger partial charge in [-0.1, -0.05) is 19.1 Å². The molecule has 1 aliphatic rings. The summed E-state index contributed by atoms with van der Waals surface area (Å²) in [4.78, 5) is 19.9. The average Bonchev–Trinajstić information content (AvgIpc) is 3.00. The highest BCUT2D eigenvalue weighted by atomic mass is 16.5. The van der Waals surface area contributed by atoms with E-state index >= 15 is 0 Å². The lowest BCUT2D eigenvalue weighted by molar-refractivity contribution is -0.145. The predicted octanol–water partition coefficient (Wildman–Crippen LogP) is 0.0359. The van der Waals surface area contributed by atoms with Gasteiger partial charge in [0.05, 0.1) is 7.11 Å². The van der Waals surface area contributed by atoms with Crippen LogP contribution in [0.15, 0.2) is 24.3 Å².